The number of hydrogen-bond acceptors (Lipinski definition) is 4. The zero-order valence-electron chi connectivity index (χ0n) is 17.1. The number of nitrogens with zero attached hydrogens (tertiary/aromatic N) is 2. The van der Waals surface area contributed by atoms with Crippen LogP contribution in [0, 0.1) is 12.8 Å². The molecule has 0 aromatic heterocycles. The highest BCUT2D eigenvalue weighted by atomic mass is 16.5. The fourth-order valence-electron chi connectivity index (χ4n) is 4.09. The number of methoxy groups -OCH3 is 1. The maximum atomic E-state index is 13.5. The third-order valence-corrected chi connectivity index (χ3v) is 5.89. The van der Waals surface area contributed by atoms with Gasteiger partial charge in [-0.25, -0.2) is 4.90 Å². The number of imide groups is 1. The molecule has 0 N–H and O–H groups in total. The van der Waals surface area contributed by atoms with E-state index in [0.717, 1.165) is 42.8 Å². The summed E-state index contributed by atoms with van der Waals surface area (Å²) < 4.78 is 5.25. The molecule has 0 atom stereocenters. The quantitative estimate of drug-likeness (QED) is 0.740. The molecule has 5 heteroatoms. The topological polar surface area (TPSA) is 49.9 Å². The Morgan fingerprint density at radius 3 is 2.21 bits per heavy atom. The molecule has 2 amide bonds. The third kappa shape index (κ3) is 3.41. The standard InChI is InChI=1S/C24H26N2O3/c1-16-12-14-25(15-13-16)22-21(18-8-10-19(29-3)11-9-18)23(27)26(24(22)28)20-7-5-4-6-17(20)2/h4-11,16H,12-15H2,1-3H3. The van der Waals surface area contributed by atoms with Crippen LogP contribution in [-0.2, 0) is 9.59 Å². The highest BCUT2D eigenvalue weighted by molar-refractivity contribution is 6.45. The molecule has 150 valence electrons. The van der Waals surface area contributed by atoms with Crippen LogP contribution in [0.1, 0.15) is 30.9 Å². The predicted octanol–water partition coefficient (Wildman–Crippen LogP) is 4.02. The van der Waals surface area contributed by atoms with Crippen molar-refractivity contribution in [1.29, 1.82) is 0 Å². The molecule has 1 saturated heterocycles. The van der Waals surface area contributed by atoms with Crippen molar-refractivity contribution < 1.29 is 14.3 Å². The highest BCUT2D eigenvalue weighted by Crippen LogP contribution is 2.37. The van der Waals surface area contributed by atoms with Gasteiger partial charge in [0.2, 0.25) is 0 Å². The second-order valence-electron chi connectivity index (χ2n) is 7.85. The van der Waals surface area contributed by atoms with Crippen LogP contribution in [0.5, 0.6) is 5.75 Å². The van der Waals surface area contributed by atoms with Gasteiger partial charge in [0.25, 0.3) is 11.8 Å². The first-order valence-electron chi connectivity index (χ1n) is 10.1. The molecule has 2 aromatic rings. The lowest BCUT2D eigenvalue weighted by Crippen LogP contribution is -2.38. The van der Waals surface area contributed by atoms with Crippen molar-refractivity contribution in [1.82, 2.24) is 4.90 Å². The number of hydrogen-bond donors (Lipinski definition) is 0. The van der Waals surface area contributed by atoms with Crippen LogP contribution >= 0.6 is 0 Å². The van der Waals surface area contributed by atoms with Gasteiger partial charge in [-0.15, -0.1) is 0 Å². The average molecular weight is 390 g/mol. The summed E-state index contributed by atoms with van der Waals surface area (Å²) in [4.78, 5) is 30.5. The minimum Gasteiger partial charge on any atom is -0.497 e. The Kier molecular flexibility index (Phi) is 5.14. The minimum atomic E-state index is -0.261. The molecule has 2 aliphatic heterocycles. The van der Waals surface area contributed by atoms with Crippen LogP contribution in [-0.4, -0.2) is 36.9 Å². The summed E-state index contributed by atoms with van der Waals surface area (Å²) >= 11 is 0. The molecule has 29 heavy (non-hydrogen) atoms. The van der Waals surface area contributed by atoms with Crippen LogP contribution in [0.25, 0.3) is 5.57 Å². The van der Waals surface area contributed by atoms with Crippen LogP contribution in [0.3, 0.4) is 0 Å². The summed E-state index contributed by atoms with van der Waals surface area (Å²) in [6.45, 7) is 5.73. The number of rotatable bonds is 4. The molecular weight excluding hydrogens is 364 g/mol. The van der Waals surface area contributed by atoms with E-state index in [2.05, 4.69) is 11.8 Å². The zero-order valence-corrected chi connectivity index (χ0v) is 17.1. The van der Waals surface area contributed by atoms with Gasteiger partial charge in [-0.2, -0.15) is 0 Å². The molecule has 0 bridgehead atoms. The first-order valence-corrected chi connectivity index (χ1v) is 10.1. The van der Waals surface area contributed by atoms with Crippen molar-refractivity contribution in [2.75, 3.05) is 25.1 Å². The van der Waals surface area contributed by atoms with Gasteiger partial charge >= 0.3 is 0 Å². The predicted molar refractivity (Wildman–Crippen MR) is 114 cm³/mol. The molecule has 2 heterocycles. The Morgan fingerprint density at radius 1 is 0.931 bits per heavy atom. The number of para-hydroxylation sites is 1. The van der Waals surface area contributed by atoms with Gasteiger partial charge in [-0.3, -0.25) is 9.59 Å². The van der Waals surface area contributed by atoms with E-state index in [1.165, 1.54) is 4.90 Å². The highest BCUT2D eigenvalue weighted by Gasteiger charge is 2.43. The fraction of sp³-hybridized carbons (Fsp3) is 0.333. The van der Waals surface area contributed by atoms with E-state index >= 15 is 0 Å². The SMILES string of the molecule is COc1ccc(C2=C(N3CCC(C)CC3)C(=O)N(c3ccccc3C)C2=O)cc1. The monoisotopic (exact) mass is 390 g/mol. The van der Waals surface area contributed by atoms with E-state index in [1.807, 2.05) is 55.5 Å². The lowest BCUT2D eigenvalue weighted by atomic mass is 9.97. The van der Waals surface area contributed by atoms with Crippen LogP contribution in [0.15, 0.2) is 54.2 Å². The Labute approximate surface area is 171 Å². The van der Waals surface area contributed by atoms with E-state index in [9.17, 15) is 9.59 Å². The van der Waals surface area contributed by atoms with Crippen molar-refractivity contribution >= 4 is 23.1 Å². The first-order chi connectivity index (χ1) is 14.0. The Bertz CT molecular complexity index is 970. The normalized spacial score (nSPS) is 18.0. The lowest BCUT2D eigenvalue weighted by Gasteiger charge is -2.32. The molecule has 0 aliphatic carbocycles. The van der Waals surface area contributed by atoms with E-state index in [1.54, 1.807) is 7.11 Å². The van der Waals surface area contributed by atoms with Gasteiger partial charge in [0.15, 0.2) is 0 Å². The number of likely N-dealkylation sites (tertiary alicyclic amines) is 1. The Balaban J connectivity index is 1.81. The van der Waals surface area contributed by atoms with E-state index in [4.69, 9.17) is 4.74 Å². The summed E-state index contributed by atoms with van der Waals surface area (Å²) in [5.41, 5.74) is 3.30. The second-order valence-corrected chi connectivity index (χ2v) is 7.85. The number of amides is 2. The third-order valence-electron chi connectivity index (χ3n) is 5.89. The maximum Gasteiger partial charge on any atom is 0.282 e. The number of anilines is 1. The van der Waals surface area contributed by atoms with Crippen LogP contribution < -0.4 is 9.64 Å². The summed E-state index contributed by atoms with van der Waals surface area (Å²) in [6.07, 6.45) is 2.04. The van der Waals surface area contributed by atoms with Crippen molar-refractivity contribution in [3.8, 4) is 5.75 Å². The summed E-state index contributed by atoms with van der Waals surface area (Å²) in [5.74, 6) is 0.860. The molecule has 2 aliphatic rings. The van der Waals surface area contributed by atoms with E-state index in [-0.39, 0.29) is 11.8 Å². The largest absolute Gasteiger partial charge is 0.497 e. The Morgan fingerprint density at radius 2 is 1.59 bits per heavy atom. The molecule has 0 unspecified atom stereocenters. The van der Waals surface area contributed by atoms with Crippen LogP contribution in [0.2, 0.25) is 0 Å². The van der Waals surface area contributed by atoms with Gasteiger partial charge < -0.3 is 9.64 Å². The minimum absolute atomic E-state index is 0.232. The summed E-state index contributed by atoms with van der Waals surface area (Å²) in [7, 11) is 1.61. The fourth-order valence-corrected chi connectivity index (χ4v) is 4.09. The van der Waals surface area contributed by atoms with Crippen molar-refractivity contribution in [2.45, 2.75) is 26.7 Å². The lowest BCUT2D eigenvalue weighted by molar-refractivity contribution is -0.120. The van der Waals surface area contributed by atoms with Crippen LogP contribution in [0.4, 0.5) is 5.69 Å². The zero-order chi connectivity index (χ0) is 20.5. The molecule has 0 radical (unpaired) electrons. The summed E-state index contributed by atoms with van der Waals surface area (Å²) in [5, 5.41) is 0. The summed E-state index contributed by atoms with van der Waals surface area (Å²) in [6, 6.07) is 14.9. The molecular formula is C24H26N2O3. The molecule has 0 saturated carbocycles. The van der Waals surface area contributed by atoms with E-state index in [0.29, 0.717) is 22.9 Å². The number of piperidine rings is 1. The molecule has 5 nitrogen and oxygen atoms in total. The Hall–Kier alpha value is -3.08. The van der Waals surface area contributed by atoms with Crippen molar-refractivity contribution in [3.05, 3.63) is 65.4 Å². The van der Waals surface area contributed by atoms with Gasteiger partial charge in [0, 0.05) is 13.1 Å². The van der Waals surface area contributed by atoms with Crippen molar-refractivity contribution in [3.63, 3.8) is 0 Å². The number of carbonyl (C=O) groups excluding carboxylic acids is 2. The number of ether oxygens (including phenoxy) is 1. The maximum absolute atomic E-state index is 13.5. The molecule has 1 fully saturated rings. The number of benzene rings is 2. The number of aryl methyl sites for hydroxylation is 1. The first kappa shape index (κ1) is 19.2. The van der Waals surface area contributed by atoms with Crippen molar-refractivity contribution in [2.24, 2.45) is 5.92 Å². The van der Waals surface area contributed by atoms with Gasteiger partial charge in [0.1, 0.15) is 11.4 Å². The second kappa shape index (κ2) is 7.74. The molecule has 2 aromatic carbocycles. The average Bonchev–Trinajstić information content (AvgIpc) is 2.99. The van der Waals surface area contributed by atoms with Gasteiger partial charge in [-0.05, 0) is 55.0 Å². The van der Waals surface area contributed by atoms with E-state index < -0.39 is 0 Å². The molecule has 4 rings (SSSR count). The number of carbonyl (C=O) groups is 2. The smallest absolute Gasteiger partial charge is 0.282 e. The van der Waals surface area contributed by atoms with Gasteiger partial charge in [0.05, 0.1) is 18.4 Å². The van der Waals surface area contributed by atoms with Gasteiger partial charge in [-0.1, -0.05) is 37.3 Å². The molecule has 0 spiro atoms.